The number of aliphatic hydroxyl groups is 1. The van der Waals surface area contributed by atoms with Crippen LogP contribution >= 0.6 is 0 Å². The molecule has 1 atom stereocenters. The van der Waals surface area contributed by atoms with E-state index in [0.29, 0.717) is 0 Å². The summed E-state index contributed by atoms with van der Waals surface area (Å²) in [6, 6.07) is 5.99. The number of hydrogen-bond acceptors (Lipinski definition) is 3. The van der Waals surface area contributed by atoms with Gasteiger partial charge in [0.1, 0.15) is 0 Å². The summed E-state index contributed by atoms with van der Waals surface area (Å²) in [7, 11) is -4.02. The fourth-order valence-electron chi connectivity index (χ4n) is 1.13. The highest BCUT2D eigenvalue weighted by Crippen LogP contribution is 2.08. The van der Waals surface area contributed by atoms with E-state index in [1.54, 1.807) is 12.1 Å². The minimum absolute atomic E-state index is 0.0666. The lowest BCUT2D eigenvalue weighted by Crippen LogP contribution is -1.96. The molecule has 4 nitrogen and oxygen atoms in total. The lowest BCUT2D eigenvalue weighted by Gasteiger charge is -1.95. The fourth-order valence-corrected chi connectivity index (χ4v) is 1.61. The van der Waals surface area contributed by atoms with Gasteiger partial charge in [-0.2, -0.15) is 8.42 Å². The van der Waals surface area contributed by atoms with Gasteiger partial charge in [0.25, 0.3) is 10.1 Å². The van der Waals surface area contributed by atoms with Crippen molar-refractivity contribution in [3.63, 3.8) is 0 Å². The van der Waals surface area contributed by atoms with E-state index in [9.17, 15) is 8.42 Å². The molecule has 0 radical (unpaired) electrons. The van der Waals surface area contributed by atoms with Gasteiger partial charge in [0.2, 0.25) is 0 Å². The molecule has 0 spiro atoms. The predicted octanol–water partition coefficient (Wildman–Crippen LogP) is 2.41. The molecule has 1 rings (SSSR count). The largest absolute Gasteiger partial charge is 0.393 e. The van der Waals surface area contributed by atoms with Crippen molar-refractivity contribution in [2.75, 3.05) is 0 Å². The first-order valence-corrected chi connectivity index (χ1v) is 6.93. The van der Waals surface area contributed by atoms with Crippen molar-refractivity contribution in [2.45, 2.75) is 44.6 Å². The van der Waals surface area contributed by atoms with Crippen LogP contribution in [0.3, 0.4) is 0 Å². The van der Waals surface area contributed by atoms with Crippen LogP contribution in [0, 0.1) is 6.92 Å². The highest BCUT2D eigenvalue weighted by Gasteiger charge is 2.06. The van der Waals surface area contributed by atoms with E-state index in [1.165, 1.54) is 12.1 Å². The van der Waals surface area contributed by atoms with Crippen molar-refractivity contribution >= 4 is 10.1 Å². The molecule has 0 saturated carbocycles. The molecule has 2 N–H and O–H groups in total. The Morgan fingerprint density at radius 1 is 1.24 bits per heavy atom. The zero-order valence-corrected chi connectivity index (χ0v) is 11.2. The Morgan fingerprint density at radius 3 is 1.94 bits per heavy atom. The molecule has 0 bridgehead atoms. The molecule has 0 aromatic heterocycles. The molecule has 0 fully saturated rings. The minimum Gasteiger partial charge on any atom is -0.393 e. The van der Waals surface area contributed by atoms with Crippen molar-refractivity contribution in [1.82, 2.24) is 0 Å². The van der Waals surface area contributed by atoms with Crippen LogP contribution in [0.5, 0.6) is 0 Å². The van der Waals surface area contributed by atoms with Crippen LogP contribution in [-0.2, 0) is 10.1 Å². The summed E-state index contributed by atoms with van der Waals surface area (Å²) in [5.41, 5.74) is 0.956. The maximum atomic E-state index is 10.5. The summed E-state index contributed by atoms with van der Waals surface area (Å²) < 4.78 is 29.6. The first-order chi connectivity index (χ1) is 7.77. The number of aliphatic hydroxyl groups excluding tert-OH is 1. The molecule has 98 valence electrons. The summed E-state index contributed by atoms with van der Waals surface area (Å²) in [6.45, 7) is 5.71. The highest BCUT2D eigenvalue weighted by molar-refractivity contribution is 7.85. The zero-order valence-electron chi connectivity index (χ0n) is 10.4. The van der Waals surface area contributed by atoms with Crippen molar-refractivity contribution < 1.29 is 18.1 Å². The van der Waals surface area contributed by atoms with Gasteiger partial charge < -0.3 is 5.11 Å². The summed E-state index contributed by atoms with van der Waals surface area (Å²) >= 11 is 0. The van der Waals surface area contributed by atoms with Gasteiger partial charge in [-0.3, -0.25) is 4.55 Å². The molecule has 5 heteroatoms. The van der Waals surface area contributed by atoms with Gasteiger partial charge in [-0.15, -0.1) is 0 Å². The Morgan fingerprint density at radius 2 is 1.71 bits per heavy atom. The molecule has 0 aliphatic rings. The Kier molecular flexibility index (Phi) is 7.03. The Bertz CT molecular complexity index is 407. The minimum atomic E-state index is -4.02. The molecular weight excluding hydrogens is 240 g/mol. The molecule has 1 unspecified atom stereocenters. The Labute approximate surface area is 103 Å². The third-order valence-electron chi connectivity index (χ3n) is 2.03. The second-order valence-corrected chi connectivity index (χ2v) is 5.35. The maximum absolute atomic E-state index is 10.5. The monoisotopic (exact) mass is 260 g/mol. The molecule has 17 heavy (non-hydrogen) atoms. The number of rotatable bonds is 3. The van der Waals surface area contributed by atoms with Crippen LogP contribution in [0.2, 0.25) is 0 Å². The molecule has 0 heterocycles. The van der Waals surface area contributed by atoms with Crippen molar-refractivity contribution in [2.24, 2.45) is 0 Å². The maximum Gasteiger partial charge on any atom is 0.294 e. The summed E-state index contributed by atoms with van der Waals surface area (Å²) in [4.78, 5) is -0.0666. The van der Waals surface area contributed by atoms with Gasteiger partial charge >= 0.3 is 0 Å². The van der Waals surface area contributed by atoms with Crippen LogP contribution in [-0.4, -0.2) is 24.2 Å². The van der Waals surface area contributed by atoms with Crippen molar-refractivity contribution in [1.29, 1.82) is 0 Å². The lowest BCUT2D eigenvalue weighted by atomic mass is 10.2. The quantitative estimate of drug-likeness (QED) is 0.818. The molecule has 1 aromatic carbocycles. The zero-order chi connectivity index (χ0) is 13.5. The smallest absolute Gasteiger partial charge is 0.294 e. The van der Waals surface area contributed by atoms with Gasteiger partial charge in [-0.1, -0.05) is 31.0 Å². The molecule has 1 aromatic rings. The average Bonchev–Trinajstić information content (AvgIpc) is 2.17. The summed E-state index contributed by atoms with van der Waals surface area (Å²) in [5.74, 6) is 0. The predicted molar refractivity (Wildman–Crippen MR) is 67.6 cm³/mol. The molecule has 0 saturated heterocycles. The van der Waals surface area contributed by atoms with E-state index in [2.05, 4.69) is 6.92 Å². The lowest BCUT2D eigenvalue weighted by molar-refractivity contribution is 0.183. The van der Waals surface area contributed by atoms with Gasteiger partial charge in [0.15, 0.2) is 0 Å². The standard InChI is InChI=1S/C7H8O3S.C5H12O/c1-6-2-4-7(5-3-6)11(8,9)10;1-3-4-5(2)6/h2-5H,1H3,(H,8,9,10);5-6H,3-4H2,1-2H3. The first-order valence-electron chi connectivity index (χ1n) is 5.49. The van der Waals surface area contributed by atoms with Crippen LogP contribution in [0.4, 0.5) is 0 Å². The number of hydrogen-bond donors (Lipinski definition) is 2. The normalized spacial score (nSPS) is 12.5. The van der Waals surface area contributed by atoms with E-state index >= 15 is 0 Å². The van der Waals surface area contributed by atoms with Gasteiger partial charge in [0, 0.05) is 0 Å². The van der Waals surface area contributed by atoms with Gasteiger partial charge in [0.05, 0.1) is 11.0 Å². The third kappa shape index (κ3) is 7.90. The second-order valence-electron chi connectivity index (χ2n) is 3.93. The van der Waals surface area contributed by atoms with Crippen molar-refractivity contribution in [3.05, 3.63) is 29.8 Å². The Hall–Kier alpha value is -0.910. The molecule has 0 aliphatic heterocycles. The SMILES string of the molecule is CCCC(C)O.Cc1ccc(S(=O)(=O)O)cc1. The van der Waals surface area contributed by atoms with E-state index in [4.69, 9.17) is 9.66 Å². The van der Waals surface area contributed by atoms with E-state index in [1.807, 2.05) is 13.8 Å². The summed E-state index contributed by atoms with van der Waals surface area (Å²) in [5, 5.41) is 8.55. The third-order valence-corrected chi connectivity index (χ3v) is 2.89. The number of benzene rings is 1. The first kappa shape index (κ1) is 16.1. The van der Waals surface area contributed by atoms with Crippen molar-refractivity contribution in [3.8, 4) is 0 Å². The van der Waals surface area contributed by atoms with Crippen LogP contribution in [0.1, 0.15) is 32.3 Å². The average molecular weight is 260 g/mol. The van der Waals surface area contributed by atoms with Crippen LogP contribution in [0.25, 0.3) is 0 Å². The van der Waals surface area contributed by atoms with Gasteiger partial charge in [-0.25, -0.2) is 0 Å². The van der Waals surface area contributed by atoms with Crippen LogP contribution in [0.15, 0.2) is 29.2 Å². The highest BCUT2D eigenvalue weighted by atomic mass is 32.2. The molecule has 0 aliphatic carbocycles. The number of aryl methyl sites for hydroxylation is 1. The van der Waals surface area contributed by atoms with Crippen LogP contribution < -0.4 is 0 Å². The Balaban J connectivity index is 0.000000366. The van der Waals surface area contributed by atoms with E-state index < -0.39 is 10.1 Å². The molecular formula is C12H20O4S. The van der Waals surface area contributed by atoms with Gasteiger partial charge in [-0.05, 0) is 32.4 Å². The fraction of sp³-hybridized carbons (Fsp3) is 0.500. The van der Waals surface area contributed by atoms with E-state index in [-0.39, 0.29) is 11.0 Å². The topological polar surface area (TPSA) is 74.6 Å². The second kappa shape index (κ2) is 7.42. The summed E-state index contributed by atoms with van der Waals surface area (Å²) in [6.07, 6.45) is 1.91. The van der Waals surface area contributed by atoms with E-state index in [0.717, 1.165) is 18.4 Å². The molecule has 0 amide bonds.